The van der Waals surface area contributed by atoms with E-state index in [2.05, 4.69) is 4.74 Å². The van der Waals surface area contributed by atoms with Crippen molar-refractivity contribution in [2.45, 2.75) is 13.3 Å². The van der Waals surface area contributed by atoms with Crippen LogP contribution >= 0.6 is 0 Å². The number of carbonyl (C=O) groups is 1. The van der Waals surface area contributed by atoms with Gasteiger partial charge in [-0.15, -0.1) is 13.2 Å². The molecule has 0 fully saturated rings. The van der Waals surface area contributed by atoms with Crippen molar-refractivity contribution in [3.63, 3.8) is 0 Å². The maximum absolute atomic E-state index is 13.9. The summed E-state index contributed by atoms with van der Waals surface area (Å²) in [5.41, 5.74) is 0.869. The molecule has 6 heteroatoms. The number of hydrogen-bond acceptors (Lipinski definition) is 2. The van der Waals surface area contributed by atoms with Crippen molar-refractivity contribution < 1.29 is 27.1 Å². The summed E-state index contributed by atoms with van der Waals surface area (Å²) in [6.45, 7) is 1.69. The first kappa shape index (κ1) is 15.0. The Labute approximate surface area is 118 Å². The summed E-state index contributed by atoms with van der Waals surface area (Å²) in [7, 11) is 0. The molecule has 0 amide bonds. The van der Waals surface area contributed by atoms with Crippen LogP contribution in [0.25, 0.3) is 11.1 Å². The van der Waals surface area contributed by atoms with Gasteiger partial charge in [-0.25, -0.2) is 4.39 Å². The zero-order chi connectivity index (χ0) is 15.6. The third-order valence-electron chi connectivity index (χ3n) is 2.73. The number of aryl methyl sites for hydroxylation is 1. The monoisotopic (exact) mass is 298 g/mol. The molecule has 0 aliphatic rings. The fourth-order valence-electron chi connectivity index (χ4n) is 1.89. The van der Waals surface area contributed by atoms with Gasteiger partial charge in [-0.05, 0) is 42.3 Å². The molecule has 2 nitrogen and oxygen atoms in total. The molecule has 21 heavy (non-hydrogen) atoms. The molecule has 2 aromatic rings. The molecule has 0 spiro atoms. The van der Waals surface area contributed by atoms with E-state index in [0.29, 0.717) is 11.8 Å². The molecule has 110 valence electrons. The second-order valence-corrected chi connectivity index (χ2v) is 4.44. The number of ether oxygens (including phenoxy) is 1. The summed E-state index contributed by atoms with van der Waals surface area (Å²) in [6.07, 6.45) is -4.51. The Morgan fingerprint density at radius 1 is 1.10 bits per heavy atom. The van der Waals surface area contributed by atoms with Crippen LogP contribution < -0.4 is 4.74 Å². The third-order valence-corrected chi connectivity index (χ3v) is 2.73. The van der Waals surface area contributed by atoms with Crippen molar-refractivity contribution in [1.29, 1.82) is 0 Å². The van der Waals surface area contributed by atoms with E-state index in [1.54, 1.807) is 13.0 Å². The van der Waals surface area contributed by atoms with Crippen LogP contribution in [-0.2, 0) is 0 Å². The standard InChI is InChI=1S/C15H10F4O2/c1-9-2-3-13(14(16)4-9)11-5-10(8-20)6-12(7-11)21-15(17,18)19/h2-8H,1H3. The first-order chi connectivity index (χ1) is 9.78. The molecule has 0 bridgehead atoms. The lowest BCUT2D eigenvalue weighted by Gasteiger charge is -2.12. The van der Waals surface area contributed by atoms with Crippen molar-refractivity contribution in [3.8, 4) is 16.9 Å². The maximum atomic E-state index is 13.9. The van der Waals surface area contributed by atoms with Crippen molar-refractivity contribution in [3.05, 3.63) is 53.3 Å². The Kier molecular flexibility index (Phi) is 3.97. The summed E-state index contributed by atoms with van der Waals surface area (Å²) in [5, 5.41) is 0. The molecule has 0 N–H and O–H groups in total. The molecular formula is C15H10F4O2. The van der Waals surface area contributed by atoms with Gasteiger partial charge in [-0.1, -0.05) is 12.1 Å². The SMILES string of the molecule is Cc1ccc(-c2cc(C=O)cc(OC(F)(F)F)c2)c(F)c1. The highest BCUT2D eigenvalue weighted by Gasteiger charge is 2.31. The topological polar surface area (TPSA) is 26.3 Å². The summed E-state index contributed by atoms with van der Waals surface area (Å²) in [6, 6.07) is 7.59. The average molecular weight is 298 g/mol. The Morgan fingerprint density at radius 2 is 1.81 bits per heavy atom. The average Bonchev–Trinajstić information content (AvgIpc) is 2.36. The predicted octanol–water partition coefficient (Wildman–Crippen LogP) is 4.51. The van der Waals surface area contributed by atoms with Gasteiger partial charge >= 0.3 is 6.36 Å². The zero-order valence-corrected chi connectivity index (χ0v) is 10.9. The molecule has 0 unspecified atom stereocenters. The third kappa shape index (κ3) is 3.81. The molecule has 0 aromatic heterocycles. The molecule has 0 heterocycles. The van der Waals surface area contributed by atoms with E-state index in [9.17, 15) is 22.4 Å². The van der Waals surface area contributed by atoms with E-state index < -0.39 is 17.9 Å². The van der Waals surface area contributed by atoms with Crippen LogP contribution in [0.2, 0.25) is 0 Å². The van der Waals surface area contributed by atoms with Crippen LogP contribution in [-0.4, -0.2) is 12.6 Å². The van der Waals surface area contributed by atoms with E-state index in [-0.39, 0.29) is 16.7 Å². The fraction of sp³-hybridized carbons (Fsp3) is 0.133. The van der Waals surface area contributed by atoms with Crippen molar-refractivity contribution in [1.82, 2.24) is 0 Å². The highest BCUT2D eigenvalue weighted by Crippen LogP contribution is 2.31. The summed E-state index contributed by atoms with van der Waals surface area (Å²) in [5.74, 6) is -1.15. The number of alkyl halides is 3. The van der Waals surface area contributed by atoms with Crippen LogP contribution in [0.5, 0.6) is 5.75 Å². The number of rotatable bonds is 3. The van der Waals surface area contributed by atoms with Gasteiger partial charge in [0.05, 0.1) is 0 Å². The second-order valence-electron chi connectivity index (χ2n) is 4.44. The number of carbonyl (C=O) groups excluding carboxylic acids is 1. The van der Waals surface area contributed by atoms with Crippen LogP contribution in [0.3, 0.4) is 0 Å². The summed E-state index contributed by atoms with van der Waals surface area (Å²) in [4.78, 5) is 10.8. The van der Waals surface area contributed by atoms with Crippen molar-refractivity contribution in [2.24, 2.45) is 0 Å². The molecule has 0 aliphatic carbocycles. The van der Waals surface area contributed by atoms with Crippen LogP contribution in [0.1, 0.15) is 15.9 Å². The minimum atomic E-state index is -4.88. The second kappa shape index (κ2) is 5.55. The predicted molar refractivity (Wildman–Crippen MR) is 68.6 cm³/mol. The Morgan fingerprint density at radius 3 is 2.38 bits per heavy atom. The van der Waals surface area contributed by atoms with E-state index in [1.807, 2.05) is 0 Å². The molecule has 0 atom stereocenters. The largest absolute Gasteiger partial charge is 0.573 e. The van der Waals surface area contributed by atoms with Crippen LogP contribution in [0, 0.1) is 12.7 Å². The minimum absolute atomic E-state index is 0.0354. The van der Waals surface area contributed by atoms with Gasteiger partial charge in [0.2, 0.25) is 0 Å². The molecule has 0 radical (unpaired) electrons. The Balaban J connectivity index is 2.52. The lowest BCUT2D eigenvalue weighted by atomic mass is 10.0. The van der Waals surface area contributed by atoms with Gasteiger partial charge in [-0.2, -0.15) is 0 Å². The molecule has 0 aliphatic heterocycles. The first-order valence-corrected chi connectivity index (χ1v) is 5.91. The fourth-order valence-corrected chi connectivity index (χ4v) is 1.89. The maximum Gasteiger partial charge on any atom is 0.573 e. The summed E-state index contributed by atoms with van der Waals surface area (Å²) >= 11 is 0. The highest BCUT2D eigenvalue weighted by molar-refractivity contribution is 5.80. The van der Waals surface area contributed by atoms with Crippen LogP contribution in [0.4, 0.5) is 17.6 Å². The smallest absolute Gasteiger partial charge is 0.406 e. The minimum Gasteiger partial charge on any atom is -0.406 e. The van der Waals surface area contributed by atoms with Gasteiger partial charge in [-0.3, -0.25) is 4.79 Å². The number of halogens is 4. The van der Waals surface area contributed by atoms with Crippen molar-refractivity contribution in [2.75, 3.05) is 0 Å². The Hall–Kier alpha value is -2.37. The van der Waals surface area contributed by atoms with Crippen LogP contribution in [0.15, 0.2) is 36.4 Å². The quantitative estimate of drug-likeness (QED) is 0.615. The molecule has 0 saturated heterocycles. The van der Waals surface area contributed by atoms with Gasteiger partial charge in [0.25, 0.3) is 0 Å². The zero-order valence-electron chi connectivity index (χ0n) is 10.9. The lowest BCUT2D eigenvalue weighted by molar-refractivity contribution is -0.274. The Bertz CT molecular complexity index is 678. The van der Waals surface area contributed by atoms with E-state index in [0.717, 1.165) is 12.1 Å². The van der Waals surface area contributed by atoms with Gasteiger partial charge < -0.3 is 4.74 Å². The number of benzene rings is 2. The normalized spacial score (nSPS) is 11.3. The van der Waals surface area contributed by atoms with E-state index in [1.165, 1.54) is 18.2 Å². The number of aldehydes is 1. The van der Waals surface area contributed by atoms with Gasteiger partial charge in [0.1, 0.15) is 17.9 Å². The molecule has 2 rings (SSSR count). The highest BCUT2D eigenvalue weighted by atomic mass is 19.4. The lowest BCUT2D eigenvalue weighted by Crippen LogP contribution is -2.17. The molecular weight excluding hydrogens is 288 g/mol. The first-order valence-electron chi connectivity index (χ1n) is 5.91. The van der Waals surface area contributed by atoms with E-state index in [4.69, 9.17) is 0 Å². The molecule has 2 aromatic carbocycles. The summed E-state index contributed by atoms with van der Waals surface area (Å²) < 4.78 is 54.5. The van der Waals surface area contributed by atoms with Crippen molar-refractivity contribution >= 4 is 6.29 Å². The van der Waals surface area contributed by atoms with Gasteiger partial charge in [0, 0.05) is 11.1 Å². The van der Waals surface area contributed by atoms with E-state index >= 15 is 0 Å². The van der Waals surface area contributed by atoms with Gasteiger partial charge in [0.15, 0.2) is 0 Å². The number of hydrogen-bond donors (Lipinski definition) is 0. The molecule has 0 saturated carbocycles.